The number of halogens is 1. The quantitative estimate of drug-likeness (QED) is 0.348. The molecule has 5 heteroatoms. The van der Waals surface area contributed by atoms with Crippen LogP contribution in [0.5, 0.6) is 0 Å². The van der Waals surface area contributed by atoms with Gasteiger partial charge in [-0.05, 0) is 0 Å². The molecule has 0 aromatic carbocycles. The van der Waals surface area contributed by atoms with Crippen LogP contribution in [0, 0.1) is 0 Å². The largest absolute Gasteiger partial charge is 0 e. The molecule has 21 valence electrons. The van der Waals surface area contributed by atoms with Crippen LogP contribution < -0.4 is 51.4 Å². The summed E-state index contributed by atoms with van der Waals surface area (Å²) in [5.41, 5.74) is 0. The van der Waals surface area contributed by atoms with E-state index >= 15 is 0 Å². The number of hydrogen-bond acceptors (Lipinski definition) is 1. The second-order valence-corrected chi connectivity index (χ2v) is 0. The van der Waals surface area contributed by atoms with Gasteiger partial charge >= 0.3 is 71.4 Å². The van der Waals surface area contributed by atoms with Gasteiger partial charge < -0.3 is 1.43 Å². The van der Waals surface area contributed by atoms with Crippen LogP contribution in [0.4, 0.5) is 4.70 Å². The Morgan fingerprint density at radius 3 is 1.40 bits per heavy atom. The molecule has 1 nitrogen and oxygen atoms in total. The summed E-state index contributed by atoms with van der Waals surface area (Å²) in [5, 5.41) is 0. The molecule has 0 amide bonds. The molecule has 0 aromatic heterocycles. The van der Waals surface area contributed by atoms with Crippen molar-refractivity contribution in [2.24, 2.45) is 0 Å². The van der Waals surface area contributed by atoms with Gasteiger partial charge in [-0.1, -0.05) is 0 Å². The van der Waals surface area contributed by atoms with Gasteiger partial charge in [0.25, 0.3) is 0 Å². The fourth-order valence-corrected chi connectivity index (χ4v) is 0. The summed E-state index contributed by atoms with van der Waals surface area (Å²) in [6, 6.07) is 0. The van der Waals surface area contributed by atoms with Crippen molar-refractivity contribution in [3.8, 4) is 0 Å². The van der Waals surface area contributed by atoms with E-state index in [0.29, 0.717) is 0 Å². The zero-order valence-electron chi connectivity index (χ0n) is 4.10. The van der Waals surface area contributed by atoms with Crippen molar-refractivity contribution in [2.75, 3.05) is 0 Å². The zero-order valence-corrected chi connectivity index (χ0v) is 10.3. The molecule has 0 aliphatic rings. The Balaban J connectivity index is -0.000000000833. The summed E-state index contributed by atoms with van der Waals surface area (Å²) in [5.74, 6) is 0. The molecule has 0 N–H and O–H groups in total. The molecule has 0 saturated heterocycles. The molecule has 0 aromatic rings. The minimum absolute atomic E-state index is 0. The van der Waals surface area contributed by atoms with Gasteiger partial charge in [-0.3, -0.25) is 4.70 Å². The summed E-state index contributed by atoms with van der Waals surface area (Å²) >= 11 is 1.17. The van der Waals surface area contributed by atoms with Crippen molar-refractivity contribution >= 4 is 16.2 Å². The molecular weight excluding hydrogens is 166 g/mol. The van der Waals surface area contributed by atoms with Gasteiger partial charge in [0.2, 0.25) is 0 Å². The second-order valence-electron chi connectivity index (χ2n) is 0. The van der Waals surface area contributed by atoms with Crippen LogP contribution in [-0.4, -0.2) is 16.2 Å². The molecule has 0 fully saturated rings. The molecule has 0 aliphatic carbocycles. The summed E-state index contributed by atoms with van der Waals surface area (Å²) in [6.45, 7) is 0. The van der Waals surface area contributed by atoms with Crippen LogP contribution in [0.25, 0.3) is 0 Å². The fourth-order valence-electron chi connectivity index (χ4n) is 0. The van der Waals surface area contributed by atoms with Gasteiger partial charge in [0.05, 0.1) is 0 Å². The first-order chi connectivity index (χ1) is 1.00. The third kappa shape index (κ3) is 21.0. The first kappa shape index (κ1) is 25.8. The molecule has 5 heavy (non-hydrogen) atoms. The first-order valence-corrected chi connectivity index (χ1v) is 0.707. The molecular formula is H2AlFKOZn. The molecule has 0 spiro atoms. The molecule has 0 rings (SSSR count). The van der Waals surface area contributed by atoms with E-state index in [0.717, 1.165) is 0 Å². The summed E-state index contributed by atoms with van der Waals surface area (Å²) < 4.78 is 8.17. The van der Waals surface area contributed by atoms with Crippen molar-refractivity contribution in [1.29, 1.82) is 0 Å². The maximum atomic E-state index is 8.17. The standard InChI is InChI=1S/Al.FH.K.O.Zn.H/h;1H;;;;/q;;+1;;;-1. The van der Waals surface area contributed by atoms with Crippen molar-refractivity contribution in [1.82, 2.24) is 0 Å². The number of rotatable bonds is 0. The second kappa shape index (κ2) is 31.3. The van der Waals surface area contributed by atoms with Gasteiger partial charge in [-0.25, -0.2) is 0 Å². The maximum Gasteiger partial charge on any atom is 0 e. The minimum Gasteiger partial charge on any atom is 0 e. The molecule has 0 unspecified atom stereocenters. The molecule has 0 bridgehead atoms. The van der Waals surface area contributed by atoms with E-state index in [2.05, 4.69) is 0 Å². The van der Waals surface area contributed by atoms with Gasteiger partial charge in [-0.2, -0.15) is 0 Å². The Morgan fingerprint density at radius 1 is 1.40 bits per heavy atom. The summed E-state index contributed by atoms with van der Waals surface area (Å²) in [7, 11) is 0. The minimum atomic E-state index is 0. The van der Waals surface area contributed by atoms with Gasteiger partial charge in [0.15, 0.2) is 0 Å². The van der Waals surface area contributed by atoms with Crippen molar-refractivity contribution in [3.05, 3.63) is 0 Å². The van der Waals surface area contributed by atoms with Crippen molar-refractivity contribution in [2.45, 2.75) is 0 Å². The molecule has 0 saturated carbocycles. The fraction of sp³-hybridized carbons (Fsp3) is 0. The SMILES string of the molecule is F.[H-].[K+].[O]=[Al].[Zn]. The molecule has 0 aliphatic heterocycles. The van der Waals surface area contributed by atoms with Crippen molar-refractivity contribution in [3.63, 3.8) is 0 Å². The van der Waals surface area contributed by atoms with E-state index in [9.17, 15) is 0 Å². The van der Waals surface area contributed by atoms with Crippen LogP contribution in [-0.2, 0) is 23.3 Å². The number of hydrogen-bond donors (Lipinski definition) is 0. The third-order valence-corrected chi connectivity index (χ3v) is 0. The van der Waals surface area contributed by atoms with Crippen LogP contribution in [0.2, 0.25) is 0 Å². The zero-order chi connectivity index (χ0) is 2.00. The molecule has 0 atom stereocenters. The Labute approximate surface area is 94.9 Å². The van der Waals surface area contributed by atoms with Crippen molar-refractivity contribution < 1.29 is 80.8 Å². The van der Waals surface area contributed by atoms with Crippen LogP contribution >= 0.6 is 0 Å². The van der Waals surface area contributed by atoms with Gasteiger partial charge in [-0.15, -0.1) is 0 Å². The topological polar surface area (TPSA) is 17.1 Å². The van der Waals surface area contributed by atoms with Gasteiger partial charge in [0.1, 0.15) is 0 Å². The normalized spacial score (nSPS) is 0.600. The summed E-state index contributed by atoms with van der Waals surface area (Å²) in [6.07, 6.45) is 0. The van der Waals surface area contributed by atoms with Crippen LogP contribution in [0.15, 0.2) is 0 Å². The molecule has 1 radical (unpaired) electrons. The predicted molar refractivity (Wildman–Crippen MR) is 10.1 cm³/mol. The van der Waals surface area contributed by atoms with Crippen LogP contribution in [0.1, 0.15) is 1.43 Å². The average molecular weight is 168 g/mol. The van der Waals surface area contributed by atoms with E-state index in [4.69, 9.17) is 3.80 Å². The van der Waals surface area contributed by atoms with E-state index in [1.807, 2.05) is 0 Å². The van der Waals surface area contributed by atoms with E-state index < -0.39 is 0 Å². The monoisotopic (exact) mass is 167 g/mol. The van der Waals surface area contributed by atoms with E-state index in [-0.39, 0.29) is 77.0 Å². The molecule has 0 heterocycles. The Hall–Kier alpha value is 2.52. The van der Waals surface area contributed by atoms with Crippen LogP contribution in [0.3, 0.4) is 0 Å². The first-order valence-electron chi connectivity index (χ1n) is 0.236. The Morgan fingerprint density at radius 2 is 1.40 bits per heavy atom. The average Bonchev–Trinajstić information content (AvgIpc) is 1.00. The van der Waals surface area contributed by atoms with E-state index in [1.54, 1.807) is 0 Å². The Kier molecular flexibility index (Phi) is 161. The smallest absolute Gasteiger partial charge is 0 e. The summed E-state index contributed by atoms with van der Waals surface area (Å²) in [4.78, 5) is 0. The maximum absolute atomic E-state index is 8.17. The third-order valence-electron chi connectivity index (χ3n) is 0. The van der Waals surface area contributed by atoms with E-state index in [1.165, 1.54) is 16.2 Å². The Bertz CT molecular complexity index is 15.5. The van der Waals surface area contributed by atoms with Gasteiger partial charge in [0, 0.05) is 19.5 Å². The predicted octanol–water partition coefficient (Wildman–Crippen LogP) is -3.23.